The van der Waals surface area contributed by atoms with Crippen molar-refractivity contribution in [3.05, 3.63) is 98.1 Å². The summed E-state index contributed by atoms with van der Waals surface area (Å²) in [6.07, 6.45) is 1.08. The lowest BCUT2D eigenvalue weighted by Gasteiger charge is -2.09. The summed E-state index contributed by atoms with van der Waals surface area (Å²) in [5, 5.41) is 9.21. The van der Waals surface area contributed by atoms with Crippen LogP contribution in [0.5, 0.6) is 11.5 Å². The van der Waals surface area contributed by atoms with Crippen molar-refractivity contribution < 1.29 is 28.9 Å². The van der Waals surface area contributed by atoms with Crippen LogP contribution in [0.1, 0.15) is 0 Å². The number of carbonyl (C=O) groups is 2. The minimum absolute atomic E-state index is 0.379. The van der Waals surface area contributed by atoms with Crippen molar-refractivity contribution in [2.24, 2.45) is 0 Å². The average Bonchev–Trinajstić information content (AvgIpc) is 2.83. The highest BCUT2D eigenvalue weighted by Crippen LogP contribution is 2.27. The highest BCUT2D eigenvalue weighted by molar-refractivity contribution is 5.83. The number of aliphatic hydroxyl groups is 1. The van der Waals surface area contributed by atoms with Crippen molar-refractivity contribution in [3.63, 3.8) is 0 Å². The number of ether oxygens (including phenoxy) is 3. The van der Waals surface area contributed by atoms with Gasteiger partial charge in [0.25, 0.3) is 0 Å². The fraction of sp³-hybridized carbons (Fsp3) is 0.0769. The third kappa shape index (κ3) is 6.25. The van der Waals surface area contributed by atoms with Crippen molar-refractivity contribution in [2.45, 2.75) is 6.29 Å². The van der Waals surface area contributed by atoms with Crippen LogP contribution in [0.15, 0.2) is 98.1 Å². The topological polar surface area (TPSA) is 82.1 Å². The molecule has 1 unspecified atom stereocenters. The van der Waals surface area contributed by atoms with Gasteiger partial charge in [0.15, 0.2) is 6.29 Å². The molecule has 3 rings (SSSR count). The Balaban J connectivity index is 1.62. The van der Waals surface area contributed by atoms with Gasteiger partial charge in [0, 0.05) is 6.08 Å². The van der Waals surface area contributed by atoms with E-state index in [0.717, 1.165) is 28.3 Å². The van der Waals surface area contributed by atoms with Gasteiger partial charge in [0.1, 0.15) is 18.1 Å². The van der Waals surface area contributed by atoms with E-state index in [1.165, 1.54) is 6.08 Å². The molecule has 0 bridgehead atoms. The lowest BCUT2D eigenvalue weighted by Crippen LogP contribution is -2.20. The molecule has 0 spiro atoms. The highest BCUT2D eigenvalue weighted by atomic mass is 16.6. The summed E-state index contributed by atoms with van der Waals surface area (Å²) in [6, 6.07) is 22.3. The molecule has 0 fully saturated rings. The molecule has 32 heavy (non-hydrogen) atoms. The van der Waals surface area contributed by atoms with Crippen LogP contribution in [0.2, 0.25) is 0 Å². The Morgan fingerprint density at radius 2 is 1.16 bits per heavy atom. The molecule has 3 aromatic rings. The number of benzene rings is 3. The Labute approximate surface area is 186 Å². The van der Waals surface area contributed by atoms with Gasteiger partial charge in [0.2, 0.25) is 0 Å². The first-order chi connectivity index (χ1) is 15.5. The minimum Gasteiger partial charge on any atom is -0.425 e. The van der Waals surface area contributed by atoms with Crippen LogP contribution in [0, 0.1) is 0 Å². The van der Waals surface area contributed by atoms with E-state index in [4.69, 9.17) is 14.2 Å². The molecule has 1 atom stereocenters. The van der Waals surface area contributed by atoms with Crippen LogP contribution in [0.4, 0.5) is 0 Å². The smallest absolute Gasteiger partial charge is 0.337 e. The van der Waals surface area contributed by atoms with Crippen molar-refractivity contribution in [1.29, 1.82) is 0 Å². The summed E-state index contributed by atoms with van der Waals surface area (Å²) in [5.41, 5.74) is 3.96. The fourth-order valence-corrected chi connectivity index (χ4v) is 2.83. The number of hydrogen-bond donors (Lipinski definition) is 1. The molecule has 0 aliphatic carbocycles. The number of hydrogen-bond acceptors (Lipinski definition) is 6. The van der Waals surface area contributed by atoms with Crippen LogP contribution in [-0.4, -0.2) is 29.9 Å². The monoisotopic (exact) mass is 430 g/mol. The Morgan fingerprint density at radius 1 is 0.750 bits per heavy atom. The highest BCUT2D eigenvalue weighted by Gasteiger charge is 2.08. The predicted octanol–water partition coefficient (Wildman–Crippen LogP) is 4.54. The molecule has 0 saturated heterocycles. The zero-order chi connectivity index (χ0) is 22.9. The quantitative estimate of drug-likeness (QED) is 0.176. The normalized spacial score (nSPS) is 11.3. The van der Waals surface area contributed by atoms with E-state index in [9.17, 15) is 14.7 Å². The van der Waals surface area contributed by atoms with Crippen molar-refractivity contribution in [2.75, 3.05) is 6.61 Å². The lowest BCUT2D eigenvalue weighted by molar-refractivity contribution is -0.148. The molecule has 0 saturated carbocycles. The van der Waals surface area contributed by atoms with Crippen molar-refractivity contribution in [1.82, 2.24) is 0 Å². The van der Waals surface area contributed by atoms with Gasteiger partial charge in [-0.2, -0.15) is 0 Å². The summed E-state index contributed by atoms with van der Waals surface area (Å²) >= 11 is 0. The van der Waals surface area contributed by atoms with Crippen LogP contribution in [0.25, 0.3) is 22.3 Å². The Hall–Kier alpha value is -4.00. The molecular weight excluding hydrogens is 408 g/mol. The molecule has 0 aromatic heterocycles. The summed E-state index contributed by atoms with van der Waals surface area (Å²) in [7, 11) is 0. The second-order valence-corrected chi connectivity index (χ2v) is 6.66. The zero-order valence-corrected chi connectivity index (χ0v) is 17.3. The van der Waals surface area contributed by atoms with E-state index in [1.54, 1.807) is 24.3 Å². The van der Waals surface area contributed by atoms with E-state index in [0.29, 0.717) is 11.5 Å². The van der Waals surface area contributed by atoms with E-state index < -0.39 is 18.2 Å². The Kier molecular flexibility index (Phi) is 7.70. The molecule has 0 radical (unpaired) electrons. The molecule has 6 heteroatoms. The Morgan fingerprint density at radius 3 is 1.56 bits per heavy atom. The van der Waals surface area contributed by atoms with E-state index in [1.807, 2.05) is 48.5 Å². The van der Waals surface area contributed by atoms with Gasteiger partial charge in [-0.25, -0.2) is 9.59 Å². The van der Waals surface area contributed by atoms with E-state index >= 15 is 0 Å². The van der Waals surface area contributed by atoms with Crippen molar-refractivity contribution >= 4 is 11.9 Å². The molecule has 6 nitrogen and oxygen atoms in total. The van der Waals surface area contributed by atoms with E-state index in [2.05, 4.69) is 13.2 Å². The minimum atomic E-state index is -1.21. The van der Waals surface area contributed by atoms with Gasteiger partial charge in [-0.05, 0) is 52.6 Å². The lowest BCUT2D eigenvalue weighted by atomic mass is 10.0. The average molecular weight is 430 g/mol. The maximum Gasteiger partial charge on any atom is 0.337 e. The third-order valence-corrected chi connectivity index (χ3v) is 4.45. The first-order valence-corrected chi connectivity index (χ1v) is 9.76. The fourth-order valence-electron chi connectivity index (χ4n) is 2.83. The molecular formula is C26H22O6. The largest absolute Gasteiger partial charge is 0.425 e. The van der Waals surface area contributed by atoms with Gasteiger partial charge >= 0.3 is 11.9 Å². The molecule has 3 aromatic carbocycles. The molecule has 1 N–H and O–H groups in total. The van der Waals surface area contributed by atoms with E-state index in [-0.39, 0.29) is 6.61 Å². The van der Waals surface area contributed by atoms with Crippen LogP contribution >= 0.6 is 0 Å². The summed E-state index contributed by atoms with van der Waals surface area (Å²) in [4.78, 5) is 23.0. The van der Waals surface area contributed by atoms with Gasteiger partial charge < -0.3 is 19.3 Å². The maximum atomic E-state index is 11.7. The number of aliphatic hydroxyl groups excluding tert-OH is 1. The van der Waals surface area contributed by atoms with Crippen LogP contribution in [0.3, 0.4) is 0 Å². The van der Waals surface area contributed by atoms with Gasteiger partial charge in [-0.1, -0.05) is 61.7 Å². The number of rotatable bonds is 9. The molecule has 0 amide bonds. The van der Waals surface area contributed by atoms with Gasteiger partial charge in [-0.15, -0.1) is 0 Å². The molecule has 0 heterocycles. The summed E-state index contributed by atoms with van der Waals surface area (Å²) in [5.74, 6) is -0.278. The second-order valence-electron chi connectivity index (χ2n) is 6.66. The number of carbonyl (C=O) groups excluding carboxylic acids is 2. The SMILES string of the molecule is C=CC(=O)Oc1ccc(-c2ccc(-c3ccc(OC(=O)COC(O)C=C)cc3)cc2)cc1. The zero-order valence-electron chi connectivity index (χ0n) is 17.3. The summed E-state index contributed by atoms with van der Waals surface area (Å²) in [6.45, 7) is 6.35. The number of esters is 2. The predicted molar refractivity (Wildman–Crippen MR) is 121 cm³/mol. The first kappa shape index (κ1) is 22.7. The van der Waals surface area contributed by atoms with Crippen molar-refractivity contribution in [3.8, 4) is 33.8 Å². The molecule has 162 valence electrons. The first-order valence-electron chi connectivity index (χ1n) is 9.76. The molecule has 0 aliphatic rings. The van der Waals surface area contributed by atoms with Crippen LogP contribution < -0.4 is 9.47 Å². The second kappa shape index (κ2) is 10.9. The third-order valence-electron chi connectivity index (χ3n) is 4.45. The standard InChI is InChI=1S/C26H22O6/c1-3-24(27)30-17-26(29)32-23-15-11-21(12-16-23)19-7-5-18(6-8-19)20-9-13-22(14-10-20)31-25(28)4-2/h3-16,24,27H,1-2,17H2. The van der Waals surface area contributed by atoms with Crippen LogP contribution in [-0.2, 0) is 14.3 Å². The summed E-state index contributed by atoms with van der Waals surface area (Å²) < 4.78 is 15.1. The molecule has 0 aliphatic heterocycles. The van der Waals surface area contributed by atoms with Gasteiger partial charge in [0.05, 0.1) is 0 Å². The maximum absolute atomic E-state index is 11.7. The van der Waals surface area contributed by atoms with Gasteiger partial charge in [-0.3, -0.25) is 0 Å². The Bertz CT molecular complexity index is 1080.